The maximum Gasteiger partial charge on any atom is 0.417 e. The van der Waals surface area contributed by atoms with Gasteiger partial charge < -0.3 is 5.11 Å². The fourth-order valence-electron chi connectivity index (χ4n) is 1.59. The van der Waals surface area contributed by atoms with Crippen LogP contribution in [0.4, 0.5) is 13.2 Å². The summed E-state index contributed by atoms with van der Waals surface area (Å²) in [4.78, 5) is -0.510. The van der Waals surface area contributed by atoms with Crippen molar-refractivity contribution in [2.45, 2.75) is 18.0 Å². The average molecular weight is 332 g/mol. The molecule has 1 aromatic carbocycles. The molecule has 9 heteroatoms. The van der Waals surface area contributed by atoms with Gasteiger partial charge in [0.1, 0.15) is 0 Å². The van der Waals surface area contributed by atoms with Crippen LogP contribution in [0.2, 0.25) is 5.02 Å². The Labute approximate surface area is 119 Å². The quantitative estimate of drug-likeness (QED) is 0.901. The van der Waals surface area contributed by atoms with Gasteiger partial charge in [-0.2, -0.15) is 17.5 Å². The topological polar surface area (TPSA) is 57.6 Å². The highest BCUT2D eigenvalue weighted by Gasteiger charge is 2.35. The van der Waals surface area contributed by atoms with E-state index in [2.05, 4.69) is 0 Å². The number of sulfonamides is 1. The third-order valence-electron chi connectivity index (χ3n) is 2.58. The van der Waals surface area contributed by atoms with Crippen LogP contribution in [0.25, 0.3) is 0 Å². The van der Waals surface area contributed by atoms with E-state index in [9.17, 15) is 21.6 Å². The third kappa shape index (κ3) is 3.63. The number of hydrogen-bond acceptors (Lipinski definition) is 3. The zero-order valence-corrected chi connectivity index (χ0v) is 12.1. The van der Waals surface area contributed by atoms with Crippen LogP contribution in [0.3, 0.4) is 0 Å². The zero-order chi connectivity index (χ0) is 15.6. The van der Waals surface area contributed by atoms with Crippen molar-refractivity contribution in [1.82, 2.24) is 4.31 Å². The second kappa shape index (κ2) is 6.30. The summed E-state index contributed by atoms with van der Waals surface area (Å²) in [5, 5.41) is 8.23. The van der Waals surface area contributed by atoms with E-state index < -0.39 is 38.3 Å². The van der Waals surface area contributed by atoms with Gasteiger partial charge in [0.15, 0.2) is 0 Å². The number of likely N-dealkylation sites (N-methyl/N-ethyl adjacent to an activating group) is 1. The number of aliphatic hydroxyl groups excluding tert-OH is 1. The second-order valence-electron chi connectivity index (χ2n) is 3.86. The maximum atomic E-state index is 12.7. The second-order valence-corrected chi connectivity index (χ2v) is 6.20. The molecule has 0 aliphatic rings. The number of aliphatic hydroxyl groups is 1. The first kappa shape index (κ1) is 17.2. The van der Waals surface area contributed by atoms with E-state index in [1.54, 1.807) is 0 Å². The first-order chi connectivity index (χ1) is 9.14. The summed E-state index contributed by atoms with van der Waals surface area (Å²) in [6, 6.07) is 2.40. The first-order valence-electron chi connectivity index (χ1n) is 5.62. The summed E-state index contributed by atoms with van der Waals surface area (Å²) in [6.07, 6.45) is -4.74. The minimum Gasteiger partial charge on any atom is -0.395 e. The molecule has 0 spiro atoms. The van der Waals surface area contributed by atoms with Crippen molar-refractivity contribution in [2.75, 3.05) is 19.7 Å². The van der Waals surface area contributed by atoms with Gasteiger partial charge in [-0.1, -0.05) is 18.5 Å². The van der Waals surface area contributed by atoms with Gasteiger partial charge >= 0.3 is 6.18 Å². The van der Waals surface area contributed by atoms with Crippen LogP contribution in [-0.2, 0) is 16.2 Å². The van der Waals surface area contributed by atoms with Gasteiger partial charge in [0.05, 0.1) is 22.1 Å². The Morgan fingerprint density at radius 2 is 1.95 bits per heavy atom. The summed E-state index contributed by atoms with van der Waals surface area (Å²) in [5.74, 6) is 0. The van der Waals surface area contributed by atoms with Gasteiger partial charge in [0.2, 0.25) is 10.0 Å². The predicted molar refractivity (Wildman–Crippen MR) is 68.0 cm³/mol. The molecule has 0 aliphatic carbocycles. The molecule has 0 unspecified atom stereocenters. The lowest BCUT2D eigenvalue weighted by Crippen LogP contribution is -2.33. The lowest BCUT2D eigenvalue weighted by atomic mass is 10.2. The van der Waals surface area contributed by atoms with Gasteiger partial charge in [-0.25, -0.2) is 8.42 Å². The van der Waals surface area contributed by atoms with Crippen LogP contribution in [0.1, 0.15) is 12.5 Å². The molecule has 1 rings (SSSR count). The Hall–Kier alpha value is -0.830. The number of hydrogen-bond donors (Lipinski definition) is 1. The minimum absolute atomic E-state index is 0.0346. The van der Waals surface area contributed by atoms with Crippen molar-refractivity contribution in [1.29, 1.82) is 0 Å². The monoisotopic (exact) mass is 331 g/mol. The molecule has 0 aromatic heterocycles. The molecule has 4 nitrogen and oxygen atoms in total. The smallest absolute Gasteiger partial charge is 0.395 e. The van der Waals surface area contributed by atoms with E-state index in [4.69, 9.17) is 16.7 Å². The molecule has 0 saturated carbocycles. The molecule has 0 atom stereocenters. The summed E-state index contributed by atoms with van der Waals surface area (Å²) in [5.41, 5.74) is -1.21. The Kier molecular flexibility index (Phi) is 5.42. The van der Waals surface area contributed by atoms with E-state index in [0.717, 1.165) is 16.4 Å². The minimum atomic E-state index is -4.74. The van der Waals surface area contributed by atoms with Gasteiger partial charge in [-0.15, -0.1) is 0 Å². The zero-order valence-electron chi connectivity index (χ0n) is 10.5. The van der Waals surface area contributed by atoms with E-state index in [0.29, 0.717) is 6.07 Å². The number of alkyl halides is 3. The highest BCUT2D eigenvalue weighted by molar-refractivity contribution is 7.89. The molecule has 0 saturated heterocycles. The third-order valence-corrected chi connectivity index (χ3v) is 4.88. The standard InChI is InChI=1S/C11H13ClF3NO3S/c1-2-16(5-6-17)20(18,19)8-3-4-10(12)9(7-8)11(13,14)15/h3-4,7,17H,2,5-6H2,1H3. The van der Waals surface area contributed by atoms with Crippen molar-refractivity contribution in [3.05, 3.63) is 28.8 Å². The Morgan fingerprint density at radius 3 is 2.40 bits per heavy atom. The van der Waals surface area contributed by atoms with Crippen molar-refractivity contribution in [2.24, 2.45) is 0 Å². The van der Waals surface area contributed by atoms with Gasteiger partial charge in [0.25, 0.3) is 0 Å². The van der Waals surface area contributed by atoms with Crippen LogP contribution in [0.15, 0.2) is 23.1 Å². The Morgan fingerprint density at radius 1 is 1.35 bits per heavy atom. The Bertz CT molecular complexity index is 575. The number of nitrogens with zero attached hydrogens (tertiary/aromatic N) is 1. The van der Waals surface area contributed by atoms with Crippen molar-refractivity contribution >= 4 is 21.6 Å². The molecule has 20 heavy (non-hydrogen) atoms. The lowest BCUT2D eigenvalue weighted by molar-refractivity contribution is -0.137. The lowest BCUT2D eigenvalue weighted by Gasteiger charge is -2.20. The van der Waals surface area contributed by atoms with Crippen molar-refractivity contribution in [3.63, 3.8) is 0 Å². The molecule has 0 amide bonds. The molecule has 1 N–H and O–H groups in total. The fourth-order valence-corrected chi connectivity index (χ4v) is 3.28. The van der Waals surface area contributed by atoms with Gasteiger partial charge in [0, 0.05) is 13.1 Å². The normalized spacial score (nSPS) is 12.9. The van der Waals surface area contributed by atoms with E-state index in [1.165, 1.54) is 6.92 Å². The van der Waals surface area contributed by atoms with Crippen LogP contribution < -0.4 is 0 Å². The van der Waals surface area contributed by atoms with Crippen LogP contribution in [0.5, 0.6) is 0 Å². The molecule has 114 valence electrons. The van der Waals surface area contributed by atoms with E-state index in [-0.39, 0.29) is 13.1 Å². The fraction of sp³-hybridized carbons (Fsp3) is 0.455. The molecule has 0 fully saturated rings. The largest absolute Gasteiger partial charge is 0.417 e. The molecule has 1 aromatic rings. The van der Waals surface area contributed by atoms with E-state index in [1.807, 2.05) is 0 Å². The van der Waals surface area contributed by atoms with Crippen molar-refractivity contribution in [3.8, 4) is 0 Å². The molecule has 0 aliphatic heterocycles. The van der Waals surface area contributed by atoms with Crippen LogP contribution in [0, 0.1) is 0 Å². The van der Waals surface area contributed by atoms with Gasteiger partial charge in [-0.3, -0.25) is 0 Å². The number of rotatable bonds is 5. The molecule has 0 bridgehead atoms. The molecule has 0 heterocycles. The molecule has 0 radical (unpaired) electrons. The summed E-state index contributed by atoms with van der Waals surface area (Å²) < 4.78 is 63.3. The summed E-state index contributed by atoms with van der Waals surface area (Å²) >= 11 is 5.44. The van der Waals surface area contributed by atoms with Crippen LogP contribution in [-0.4, -0.2) is 37.5 Å². The SMILES string of the molecule is CCN(CCO)S(=O)(=O)c1ccc(Cl)c(C(F)(F)F)c1. The first-order valence-corrected chi connectivity index (χ1v) is 7.44. The van der Waals surface area contributed by atoms with Crippen LogP contribution >= 0.6 is 11.6 Å². The number of benzene rings is 1. The maximum absolute atomic E-state index is 12.7. The summed E-state index contributed by atoms with van der Waals surface area (Å²) in [7, 11) is -4.10. The molecular formula is C11H13ClF3NO3S. The predicted octanol–water partition coefficient (Wildman–Crippen LogP) is 2.36. The average Bonchev–Trinajstić information content (AvgIpc) is 2.34. The van der Waals surface area contributed by atoms with Gasteiger partial charge in [-0.05, 0) is 18.2 Å². The van der Waals surface area contributed by atoms with E-state index >= 15 is 0 Å². The highest BCUT2D eigenvalue weighted by atomic mass is 35.5. The number of halogens is 4. The molecular weight excluding hydrogens is 319 g/mol. The van der Waals surface area contributed by atoms with Crippen molar-refractivity contribution < 1.29 is 26.7 Å². The Balaban J connectivity index is 3.33. The summed E-state index contributed by atoms with van der Waals surface area (Å²) in [6.45, 7) is 0.941. The highest BCUT2D eigenvalue weighted by Crippen LogP contribution is 2.36.